The smallest absolute Gasteiger partial charge is 0.246 e. The second-order valence-electron chi connectivity index (χ2n) is 5.57. The van der Waals surface area contributed by atoms with Crippen LogP contribution in [-0.2, 0) is 4.79 Å². The number of unbranched alkanes of at least 4 members (excludes halogenated alkanes) is 5. The van der Waals surface area contributed by atoms with Gasteiger partial charge >= 0.3 is 0 Å². The third-order valence-corrected chi connectivity index (χ3v) is 3.44. The summed E-state index contributed by atoms with van der Waals surface area (Å²) in [6, 6.07) is 0. The summed E-state index contributed by atoms with van der Waals surface area (Å²) in [6.45, 7) is 2.21. The lowest BCUT2D eigenvalue weighted by Gasteiger charge is -1.94. The molecule has 0 bridgehead atoms. The third-order valence-electron chi connectivity index (χ3n) is 3.44. The first-order chi connectivity index (χ1) is 11.7. The Kier molecular flexibility index (Phi) is 16.0. The number of rotatable bonds is 15. The van der Waals surface area contributed by atoms with Crippen molar-refractivity contribution in [3.8, 4) is 0 Å². The van der Waals surface area contributed by atoms with E-state index in [0.717, 1.165) is 19.3 Å². The maximum Gasteiger partial charge on any atom is 0.246 e. The third kappa shape index (κ3) is 14.9. The predicted octanol–water partition coefficient (Wildman–Crippen LogP) is 5.85. The molecule has 0 atom stereocenters. The quantitative estimate of drug-likeness (QED) is 0.164. The Bertz CT molecular complexity index is 448. The van der Waals surface area contributed by atoms with E-state index in [1.165, 1.54) is 19.3 Å². The molecular weight excluding hydrogens is 302 g/mol. The minimum Gasteiger partial charge on any atom is -0.291 e. The number of hydrogen-bond acceptors (Lipinski definition) is 3. The van der Waals surface area contributed by atoms with Gasteiger partial charge in [-0.25, -0.2) is 0 Å². The Balaban J connectivity index is 3.89. The normalized spacial score (nSPS) is 12.6. The lowest BCUT2D eigenvalue weighted by atomic mass is 10.2. The molecule has 4 heteroatoms. The highest BCUT2D eigenvalue weighted by Gasteiger charge is 2.06. The second kappa shape index (κ2) is 17.4. The van der Waals surface area contributed by atoms with Crippen LogP contribution in [0.15, 0.2) is 48.2 Å². The minimum atomic E-state index is -0.353. The van der Waals surface area contributed by atoms with Gasteiger partial charge in [0.2, 0.25) is 5.70 Å². The van der Waals surface area contributed by atoms with E-state index in [2.05, 4.69) is 31.2 Å². The molecule has 0 saturated carbocycles. The molecule has 0 rings (SSSR count). The Morgan fingerprint density at radius 1 is 0.958 bits per heavy atom. The largest absolute Gasteiger partial charge is 0.291 e. The molecule has 0 spiro atoms. The van der Waals surface area contributed by atoms with Crippen LogP contribution in [0.2, 0.25) is 0 Å². The van der Waals surface area contributed by atoms with E-state index in [9.17, 15) is 14.9 Å². The number of nitro groups is 1. The zero-order valence-electron chi connectivity index (χ0n) is 14.8. The first-order valence-corrected chi connectivity index (χ1v) is 8.85. The highest BCUT2D eigenvalue weighted by atomic mass is 16.6. The maximum absolute atomic E-state index is 10.9. The fraction of sp³-hybridized carbons (Fsp3) is 0.550. The molecular formula is C20H30NO3. The van der Waals surface area contributed by atoms with Crippen LogP contribution in [0.1, 0.15) is 71.1 Å². The van der Waals surface area contributed by atoms with Gasteiger partial charge in [0.05, 0.1) is 11.3 Å². The van der Waals surface area contributed by atoms with E-state index in [0.29, 0.717) is 25.7 Å². The Hall–Kier alpha value is -1.97. The number of carbonyl (C=O) groups excluding carboxylic acids is 1. The van der Waals surface area contributed by atoms with E-state index < -0.39 is 0 Å². The number of allylic oxidation sites excluding steroid dienone is 7. The van der Waals surface area contributed by atoms with E-state index in [-0.39, 0.29) is 10.6 Å². The summed E-state index contributed by atoms with van der Waals surface area (Å²) in [5.74, 6) is 0. The first kappa shape index (κ1) is 22.0. The van der Waals surface area contributed by atoms with Gasteiger partial charge in [-0.3, -0.25) is 14.9 Å². The van der Waals surface area contributed by atoms with Crippen molar-refractivity contribution in [2.75, 3.05) is 0 Å². The SMILES string of the molecule is CCCCC/C=C/C/C=C/C/C=C/C/C(=C/CCC[C]=O)[N+](=O)[O-]. The maximum atomic E-state index is 10.9. The molecule has 0 aromatic rings. The molecule has 0 aromatic heterocycles. The van der Waals surface area contributed by atoms with Crippen molar-refractivity contribution < 1.29 is 9.72 Å². The molecule has 4 nitrogen and oxygen atoms in total. The van der Waals surface area contributed by atoms with Crippen LogP contribution in [0.5, 0.6) is 0 Å². The molecule has 0 heterocycles. The summed E-state index contributed by atoms with van der Waals surface area (Å²) in [5.41, 5.74) is 0.191. The van der Waals surface area contributed by atoms with Crippen molar-refractivity contribution in [1.82, 2.24) is 0 Å². The van der Waals surface area contributed by atoms with Crippen LogP contribution in [0.3, 0.4) is 0 Å². The Labute approximate surface area is 146 Å². The molecule has 0 N–H and O–H groups in total. The van der Waals surface area contributed by atoms with Gasteiger partial charge in [-0.15, -0.1) is 0 Å². The molecule has 133 valence electrons. The van der Waals surface area contributed by atoms with Crippen LogP contribution in [-0.4, -0.2) is 11.2 Å². The lowest BCUT2D eigenvalue weighted by Crippen LogP contribution is -1.97. The molecule has 0 aliphatic rings. The van der Waals surface area contributed by atoms with E-state index in [1.807, 2.05) is 12.2 Å². The van der Waals surface area contributed by atoms with Crippen molar-refractivity contribution in [2.45, 2.75) is 71.1 Å². The van der Waals surface area contributed by atoms with Gasteiger partial charge in [0.15, 0.2) is 6.29 Å². The van der Waals surface area contributed by atoms with Crippen LogP contribution >= 0.6 is 0 Å². The van der Waals surface area contributed by atoms with Crippen molar-refractivity contribution in [1.29, 1.82) is 0 Å². The molecule has 0 saturated heterocycles. The summed E-state index contributed by atoms with van der Waals surface area (Å²) in [5, 5.41) is 10.9. The molecule has 0 aliphatic heterocycles. The van der Waals surface area contributed by atoms with Crippen molar-refractivity contribution >= 4 is 6.29 Å². The molecule has 0 fully saturated rings. The van der Waals surface area contributed by atoms with Gasteiger partial charge in [-0.2, -0.15) is 0 Å². The van der Waals surface area contributed by atoms with Crippen molar-refractivity contribution in [3.63, 3.8) is 0 Å². The Morgan fingerprint density at radius 3 is 2.25 bits per heavy atom. The molecule has 1 radical (unpaired) electrons. The summed E-state index contributed by atoms with van der Waals surface area (Å²) in [4.78, 5) is 20.6. The van der Waals surface area contributed by atoms with Gasteiger partial charge in [-0.05, 0) is 44.6 Å². The number of hydrogen-bond donors (Lipinski definition) is 0. The lowest BCUT2D eigenvalue weighted by molar-refractivity contribution is -0.427. The average Bonchev–Trinajstić information content (AvgIpc) is 2.57. The summed E-state index contributed by atoms with van der Waals surface area (Å²) >= 11 is 0. The van der Waals surface area contributed by atoms with Gasteiger partial charge in [0.1, 0.15) is 0 Å². The van der Waals surface area contributed by atoms with Crippen LogP contribution in [0, 0.1) is 10.1 Å². The fourth-order valence-corrected chi connectivity index (χ4v) is 2.05. The monoisotopic (exact) mass is 332 g/mol. The minimum absolute atomic E-state index is 0.191. The Morgan fingerprint density at radius 2 is 1.62 bits per heavy atom. The summed E-state index contributed by atoms with van der Waals surface area (Å²) in [7, 11) is 0. The molecule has 0 unspecified atom stereocenters. The van der Waals surface area contributed by atoms with E-state index in [4.69, 9.17) is 0 Å². The van der Waals surface area contributed by atoms with Gasteiger partial charge in [0, 0.05) is 6.42 Å². The van der Waals surface area contributed by atoms with Crippen molar-refractivity contribution in [3.05, 3.63) is 58.3 Å². The van der Waals surface area contributed by atoms with Gasteiger partial charge in [-0.1, -0.05) is 56.2 Å². The average molecular weight is 332 g/mol. The standard InChI is InChI=1S/C20H30NO3/c1-2-3-4-5-6-7-8-9-10-11-12-14-17-20(21(23)24)18-15-13-16-19-22/h6-7,9-10,12,14,18H,2-5,8,11,13,15-17H2,1H3/b7-6+,10-9+,14-12+,20-18-. The van der Waals surface area contributed by atoms with Gasteiger partial charge in [0.25, 0.3) is 0 Å². The van der Waals surface area contributed by atoms with Crippen LogP contribution < -0.4 is 0 Å². The van der Waals surface area contributed by atoms with Crippen LogP contribution in [0.25, 0.3) is 0 Å². The van der Waals surface area contributed by atoms with Crippen molar-refractivity contribution in [2.24, 2.45) is 0 Å². The summed E-state index contributed by atoms with van der Waals surface area (Å²) in [6.07, 6.45) is 24.2. The number of nitrogens with zero attached hydrogens (tertiary/aromatic N) is 1. The van der Waals surface area contributed by atoms with Gasteiger partial charge < -0.3 is 0 Å². The zero-order valence-corrected chi connectivity index (χ0v) is 14.8. The topological polar surface area (TPSA) is 60.2 Å². The van der Waals surface area contributed by atoms with Crippen LogP contribution in [0.4, 0.5) is 0 Å². The predicted molar refractivity (Wildman–Crippen MR) is 100 cm³/mol. The molecule has 0 amide bonds. The molecule has 0 aromatic carbocycles. The van der Waals surface area contributed by atoms with E-state index >= 15 is 0 Å². The second-order valence-corrected chi connectivity index (χ2v) is 5.57. The highest BCUT2D eigenvalue weighted by molar-refractivity contribution is 5.50. The highest BCUT2D eigenvalue weighted by Crippen LogP contribution is 2.08. The fourth-order valence-electron chi connectivity index (χ4n) is 2.05. The molecule has 24 heavy (non-hydrogen) atoms. The zero-order chi connectivity index (χ0) is 17.9. The first-order valence-electron chi connectivity index (χ1n) is 8.85. The molecule has 0 aliphatic carbocycles. The van der Waals surface area contributed by atoms with E-state index in [1.54, 1.807) is 12.4 Å². The summed E-state index contributed by atoms with van der Waals surface area (Å²) < 4.78 is 0.